The molecule has 0 radical (unpaired) electrons. The van der Waals surface area contributed by atoms with E-state index in [2.05, 4.69) is 14.9 Å². The van der Waals surface area contributed by atoms with Gasteiger partial charge in [0.05, 0.1) is 5.69 Å². The Morgan fingerprint density at radius 2 is 2.11 bits per heavy atom. The number of aromatic nitrogens is 2. The lowest BCUT2D eigenvalue weighted by atomic mass is 10.3. The second-order valence-electron chi connectivity index (χ2n) is 3.94. The summed E-state index contributed by atoms with van der Waals surface area (Å²) in [5, 5.41) is 14.7. The number of aromatic carboxylic acids is 1. The Balaban J connectivity index is 2.91. The van der Waals surface area contributed by atoms with Crippen LogP contribution in [0, 0.1) is 6.92 Å². The van der Waals surface area contributed by atoms with Crippen molar-refractivity contribution in [3.05, 3.63) is 11.4 Å². The molecule has 0 spiro atoms. The van der Waals surface area contributed by atoms with Gasteiger partial charge < -0.3 is 5.11 Å². The molecule has 1 rings (SSSR count). The molecule has 0 aliphatic carbocycles. The largest absolute Gasteiger partial charge is 0.476 e. The zero-order valence-corrected chi connectivity index (χ0v) is 11.2. The molecule has 3 N–H and O–H groups in total. The van der Waals surface area contributed by atoms with Crippen molar-refractivity contribution in [2.75, 3.05) is 6.54 Å². The number of aromatic amines is 1. The predicted octanol–water partition coefficient (Wildman–Crippen LogP) is 0.885. The van der Waals surface area contributed by atoms with Crippen LogP contribution in [0.3, 0.4) is 0 Å². The first-order chi connectivity index (χ1) is 8.40. The molecule has 0 unspecified atom stereocenters. The van der Waals surface area contributed by atoms with Crippen molar-refractivity contribution >= 4 is 16.0 Å². The lowest BCUT2D eigenvalue weighted by Gasteiger charge is -2.06. The van der Waals surface area contributed by atoms with Gasteiger partial charge in [-0.3, -0.25) is 5.10 Å². The van der Waals surface area contributed by atoms with Gasteiger partial charge in [0.2, 0.25) is 10.0 Å². The van der Waals surface area contributed by atoms with Crippen LogP contribution >= 0.6 is 0 Å². The van der Waals surface area contributed by atoms with Crippen LogP contribution < -0.4 is 4.72 Å². The number of carboxylic acids is 1. The Labute approximate surface area is 106 Å². The number of sulfonamides is 1. The van der Waals surface area contributed by atoms with Crippen LogP contribution in [-0.2, 0) is 10.0 Å². The molecule has 18 heavy (non-hydrogen) atoms. The molecule has 1 aromatic rings. The van der Waals surface area contributed by atoms with Crippen molar-refractivity contribution in [1.82, 2.24) is 14.9 Å². The number of hydrogen-bond acceptors (Lipinski definition) is 4. The summed E-state index contributed by atoms with van der Waals surface area (Å²) in [6, 6.07) is 0. The van der Waals surface area contributed by atoms with Gasteiger partial charge in [0.25, 0.3) is 0 Å². The van der Waals surface area contributed by atoms with E-state index in [0.717, 1.165) is 19.3 Å². The summed E-state index contributed by atoms with van der Waals surface area (Å²) in [5.74, 6) is -1.37. The highest BCUT2D eigenvalue weighted by Gasteiger charge is 2.27. The summed E-state index contributed by atoms with van der Waals surface area (Å²) in [6.45, 7) is 3.77. The number of carboxylic acid groups (broad SMARTS) is 1. The van der Waals surface area contributed by atoms with Gasteiger partial charge in [0, 0.05) is 6.54 Å². The van der Waals surface area contributed by atoms with E-state index >= 15 is 0 Å². The van der Waals surface area contributed by atoms with E-state index in [-0.39, 0.29) is 10.6 Å². The molecule has 0 atom stereocenters. The summed E-state index contributed by atoms with van der Waals surface area (Å²) >= 11 is 0. The van der Waals surface area contributed by atoms with Gasteiger partial charge in [-0.05, 0) is 13.3 Å². The summed E-state index contributed by atoms with van der Waals surface area (Å²) in [5.41, 5.74) is -0.258. The zero-order valence-electron chi connectivity index (χ0n) is 10.4. The van der Waals surface area contributed by atoms with Gasteiger partial charge >= 0.3 is 5.97 Å². The molecule has 0 amide bonds. The van der Waals surface area contributed by atoms with E-state index in [1.807, 2.05) is 6.92 Å². The van der Waals surface area contributed by atoms with E-state index < -0.39 is 21.7 Å². The van der Waals surface area contributed by atoms with Gasteiger partial charge in [0.1, 0.15) is 4.90 Å². The Kier molecular flexibility index (Phi) is 4.85. The molecule has 8 heteroatoms. The number of nitrogens with zero attached hydrogens (tertiary/aromatic N) is 1. The third-order valence-electron chi connectivity index (χ3n) is 2.43. The van der Waals surface area contributed by atoms with Crippen molar-refractivity contribution in [1.29, 1.82) is 0 Å². The molecule has 0 saturated heterocycles. The molecule has 0 bridgehead atoms. The molecule has 0 aromatic carbocycles. The van der Waals surface area contributed by atoms with Gasteiger partial charge in [-0.25, -0.2) is 17.9 Å². The quantitative estimate of drug-likeness (QED) is 0.639. The topological polar surface area (TPSA) is 112 Å². The Morgan fingerprint density at radius 3 is 2.67 bits per heavy atom. The summed E-state index contributed by atoms with van der Waals surface area (Å²) in [6.07, 6.45) is 2.61. The van der Waals surface area contributed by atoms with Crippen molar-refractivity contribution < 1.29 is 18.3 Å². The molecule has 102 valence electrons. The standard InChI is InChI=1S/C10H17N3O4S/c1-3-4-5-6-11-18(16,17)9-7(2)12-13-8(9)10(14)15/h11H,3-6H2,1-2H3,(H,12,13)(H,14,15). The molecule has 0 aliphatic heterocycles. The summed E-state index contributed by atoms with van der Waals surface area (Å²) < 4.78 is 26.3. The molecular formula is C10H17N3O4S. The molecule has 0 saturated carbocycles. The van der Waals surface area contributed by atoms with Crippen LogP contribution in [0.15, 0.2) is 4.90 Å². The third-order valence-corrected chi connectivity index (χ3v) is 4.06. The fourth-order valence-corrected chi connectivity index (χ4v) is 2.94. The first-order valence-electron chi connectivity index (χ1n) is 5.68. The highest BCUT2D eigenvalue weighted by Crippen LogP contribution is 2.17. The van der Waals surface area contributed by atoms with Gasteiger partial charge in [0.15, 0.2) is 5.69 Å². The van der Waals surface area contributed by atoms with Crippen molar-refractivity contribution in [3.8, 4) is 0 Å². The molecule has 1 heterocycles. The average molecular weight is 275 g/mol. The SMILES string of the molecule is CCCCCNS(=O)(=O)c1c(C(=O)O)n[nH]c1C. The summed E-state index contributed by atoms with van der Waals surface area (Å²) in [7, 11) is -3.83. The number of aryl methyl sites for hydroxylation is 1. The number of unbranched alkanes of at least 4 members (excludes halogenated alkanes) is 2. The van der Waals surface area contributed by atoms with Crippen LogP contribution in [0.1, 0.15) is 42.4 Å². The fourth-order valence-electron chi connectivity index (χ4n) is 1.55. The van der Waals surface area contributed by atoms with Crippen molar-refractivity contribution in [3.63, 3.8) is 0 Å². The van der Waals surface area contributed by atoms with Crippen molar-refractivity contribution in [2.45, 2.75) is 38.0 Å². The first-order valence-corrected chi connectivity index (χ1v) is 7.16. The number of rotatable bonds is 7. The smallest absolute Gasteiger partial charge is 0.357 e. The van der Waals surface area contributed by atoms with Crippen LogP contribution in [0.25, 0.3) is 0 Å². The number of H-pyrrole nitrogens is 1. The third kappa shape index (κ3) is 3.30. The number of nitrogens with one attached hydrogen (secondary N) is 2. The first kappa shape index (κ1) is 14.7. The Bertz CT molecular complexity index is 521. The molecule has 7 nitrogen and oxygen atoms in total. The maximum atomic E-state index is 12.0. The fraction of sp³-hybridized carbons (Fsp3) is 0.600. The van der Waals surface area contributed by atoms with Crippen molar-refractivity contribution in [2.24, 2.45) is 0 Å². The minimum absolute atomic E-state index is 0.218. The normalized spacial score (nSPS) is 11.7. The highest BCUT2D eigenvalue weighted by molar-refractivity contribution is 7.89. The minimum atomic E-state index is -3.83. The van der Waals surface area contributed by atoms with Crippen LogP contribution in [0.2, 0.25) is 0 Å². The Morgan fingerprint density at radius 1 is 1.44 bits per heavy atom. The van der Waals surface area contributed by atoms with E-state index in [1.165, 1.54) is 6.92 Å². The van der Waals surface area contributed by atoms with Crippen LogP contribution in [0.4, 0.5) is 0 Å². The lowest BCUT2D eigenvalue weighted by Crippen LogP contribution is -2.26. The zero-order chi connectivity index (χ0) is 13.8. The molecule has 1 aromatic heterocycles. The van der Waals surface area contributed by atoms with E-state index in [4.69, 9.17) is 5.11 Å². The van der Waals surface area contributed by atoms with Gasteiger partial charge in [-0.2, -0.15) is 5.10 Å². The van der Waals surface area contributed by atoms with Crippen LogP contribution in [-0.4, -0.2) is 36.2 Å². The van der Waals surface area contributed by atoms with Gasteiger partial charge in [-0.1, -0.05) is 19.8 Å². The molecule has 0 aliphatic rings. The Hall–Kier alpha value is -1.41. The second-order valence-corrected chi connectivity index (χ2v) is 5.64. The predicted molar refractivity (Wildman–Crippen MR) is 65.0 cm³/mol. The molecular weight excluding hydrogens is 258 g/mol. The lowest BCUT2D eigenvalue weighted by molar-refractivity contribution is 0.0686. The monoisotopic (exact) mass is 275 g/mol. The second kappa shape index (κ2) is 5.96. The van der Waals surface area contributed by atoms with E-state index in [9.17, 15) is 13.2 Å². The van der Waals surface area contributed by atoms with Gasteiger partial charge in [-0.15, -0.1) is 0 Å². The maximum Gasteiger partial charge on any atom is 0.357 e. The minimum Gasteiger partial charge on any atom is -0.476 e. The van der Waals surface area contributed by atoms with Crippen LogP contribution in [0.5, 0.6) is 0 Å². The number of hydrogen-bond donors (Lipinski definition) is 3. The van der Waals surface area contributed by atoms with E-state index in [0.29, 0.717) is 6.54 Å². The summed E-state index contributed by atoms with van der Waals surface area (Å²) in [4.78, 5) is 10.6. The molecule has 0 fully saturated rings. The van der Waals surface area contributed by atoms with E-state index in [1.54, 1.807) is 0 Å². The number of carbonyl (C=O) groups is 1. The average Bonchev–Trinajstić information content (AvgIpc) is 2.67. The highest BCUT2D eigenvalue weighted by atomic mass is 32.2. The maximum absolute atomic E-state index is 12.0.